The summed E-state index contributed by atoms with van der Waals surface area (Å²) in [6.07, 6.45) is 4.96. The third-order valence-corrected chi connectivity index (χ3v) is 3.83. The number of hydrogen-bond donors (Lipinski definition) is 1. The Labute approximate surface area is 116 Å². The zero-order valence-corrected chi connectivity index (χ0v) is 12.0. The van der Waals surface area contributed by atoms with E-state index in [1.807, 2.05) is 18.2 Å². The maximum absolute atomic E-state index is 5.93. The quantitative estimate of drug-likeness (QED) is 0.816. The molecule has 0 saturated heterocycles. The molecule has 0 aromatic heterocycles. The third-order valence-electron chi connectivity index (χ3n) is 3.83. The molecule has 0 spiro atoms. The maximum Gasteiger partial charge on any atom is 0.127 e. The number of nitrogens with two attached hydrogens (primary N) is 1. The SMILES string of the molecule is CCCCC(CC)COc1ccc2c(c1)OCC2N. The summed E-state index contributed by atoms with van der Waals surface area (Å²) in [6, 6.07) is 6.00. The van der Waals surface area contributed by atoms with Crippen molar-refractivity contribution in [2.45, 2.75) is 45.6 Å². The number of hydrogen-bond acceptors (Lipinski definition) is 3. The van der Waals surface area contributed by atoms with Crippen LogP contribution in [0.5, 0.6) is 11.5 Å². The van der Waals surface area contributed by atoms with Crippen molar-refractivity contribution in [1.29, 1.82) is 0 Å². The van der Waals surface area contributed by atoms with Gasteiger partial charge in [0, 0.05) is 11.6 Å². The van der Waals surface area contributed by atoms with E-state index in [-0.39, 0.29) is 6.04 Å². The molecule has 3 nitrogen and oxygen atoms in total. The van der Waals surface area contributed by atoms with Crippen LogP contribution in [0.2, 0.25) is 0 Å². The molecule has 1 aliphatic rings. The van der Waals surface area contributed by atoms with E-state index < -0.39 is 0 Å². The normalized spacial score (nSPS) is 18.8. The van der Waals surface area contributed by atoms with Crippen molar-refractivity contribution < 1.29 is 9.47 Å². The van der Waals surface area contributed by atoms with Crippen LogP contribution < -0.4 is 15.2 Å². The van der Waals surface area contributed by atoms with Crippen molar-refractivity contribution in [3.05, 3.63) is 23.8 Å². The number of benzene rings is 1. The van der Waals surface area contributed by atoms with Gasteiger partial charge in [0.1, 0.15) is 18.1 Å². The highest BCUT2D eigenvalue weighted by Gasteiger charge is 2.20. The van der Waals surface area contributed by atoms with Gasteiger partial charge in [-0.05, 0) is 24.5 Å². The Morgan fingerprint density at radius 2 is 2.26 bits per heavy atom. The minimum Gasteiger partial charge on any atom is -0.493 e. The van der Waals surface area contributed by atoms with E-state index >= 15 is 0 Å². The average Bonchev–Trinajstić information content (AvgIpc) is 2.80. The topological polar surface area (TPSA) is 44.5 Å². The largest absolute Gasteiger partial charge is 0.493 e. The van der Waals surface area contributed by atoms with Gasteiger partial charge < -0.3 is 15.2 Å². The van der Waals surface area contributed by atoms with Gasteiger partial charge in [-0.1, -0.05) is 33.1 Å². The Kier molecular flexibility index (Phi) is 5.08. The lowest BCUT2D eigenvalue weighted by molar-refractivity contribution is 0.232. The van der Waals surface area contributed by atoms with Crippen LogP contribution in [0.25, 0.3) is 0 Å². The second-order valence-electron chi connectivity index (χ2n) is 5.34. The summed E-state index contributed by atoms with van der Waals surface area (Å²) in [4.78, 5) is 0. The Morgan fingerprint density at radius 3 is 3.00 bits per heavy atom. The molecule has 0 amide bonds. The van der Waals surface area contributed by atoms with Gasteiger partial charge in [0.2, 0.25) is 0 Å². The van der Waals surface area contributed by atoms with Crippen molar-refractivity contribution in [2.75, 3.05) is 13.2 Å². The first-order chi connectivity index (χ1) is 9.24. The lowest BCUT2D eigenvalue weighted by atomic mass is 10.0. The van der Waals surface area contributed by atoms with Crippen LogP contribution >= 0.6 is 0 Å². The van der Waals surface area contributed by atoms with Crippen LogP contribution in [0, 0.1) is 5.92 Å². The van der Waals surface area contributed by atoms with E-state index in [9.17, 15) is 0 Å². The molecule has 0 saturated carbocycles. The molecule has 0 aliphatic carbocycles. The Hall–Kier alpha value is -1.22. The van der Waals surface area contributed by atoms with Gasteiger partial charge in [0.15, 0.2) is 0 Å². The zero-order chi connectivity index (χ0) is 13.7. The van der Waals surface area contributed by atoms with Gasteiger partial charge in [0.25, 0.3) is 0 Å². The van der Waals surface area contributed by atoms with E-state index in [1.54, 1.807) is 0 Å². The molecule has 1 aromatic carbocycles. The van der Waals surface area contributed by atoms with Crippen LogP contribution in [0.1, 0.15) is 51.1 Å². The monoisotopic (exact) mass is 263 g/mol. The van der Waals surface area contributed by atoms with Gasteiger partial charge in [-0.15, -0.1) is 0 Å². The van der Waals surface area contributed by atoms with Crippen molar-refractivity contribution in [3.63, 3.8) is 0 Å². The molecular weight excluding hydrogens is 238 g/mol. The second kappa shape index (κ2) is 6.80. The predicted octanol–water partition coefficient (Wildman–Crippen LogP) is 3.67. The van der Waals surface area contributed by atoms with E-state index in [1.165, 1.54) is 25.7 Å². The van der Waals surface area contributed by atoms with Crippen LogP contribution in [0.15, 0.2) is 18.2 Å². The molecular formula is C16H25NO2. The van der Waals surface area contributed by atoms with Gasteiger partial charge in [-0.25, -0.2) is 0 Å². The molecule has 3 heteroatoms. The summed E-state index contributed by atoms with van der Waals surface area (Å²) in [5, 5.41) is 0. The van der Waals surface area contributed by atoms with Crippen molar-refractivity contribution in [2.24, 2.45) is 11.7 Å². The van der Waals surface area contributed by atoms with E-state index in [2.05, 4.69) is 13.8 Å². The summed E-state index contributed by atoms with van der Waals surface area (Å²) in [5.41, 5.74) is 7.02. The summed E-state index contributed by atoms with van der Waals surface area (Å²) < 4.78 is 11.4. The number of rotatable bonds is 7. The molecule has 0 bridgehead atoms. The van der Waals surface area contributed by atoms with Crippen molar-refractivity contribution in [1.82, 2.24) is 0 Å². The molecule has 106 valence electrons. The molecule has 1 aliphatic heterocycles. The first kappa shape index (κ1) is 14.2. The Morgan fingerprint density at radius 1 is 1.42 bits per heavy atom. The fraction of sp³-hybridized carbons (Fsp3) is 0.625. The van der Waals surface area contributed by atoms with Gasteiger partial charge in [0.05, 0.1) is 12.6 Å². The van der Waals surface area contributed by atoms with Crippen LogP contribution in [0.3, 0.4) is 0 Å². The van der Waals surface area contributed by atoms with E-state index in [0.717, 1.165) is 23.7 Å². The first-order valence-corrected chi connectivity index (χ1v) is 7.39. The summed E-state index contributed by atoms with van der Waals surface area (Å²) >= 11 is 0. The molecule has 2 rings (SSSR count). The number of ether oxygens (including phenoxy) is 2. The smallest absolute Gasteiger partial charge is 0.127 e. The highest BCUT2D eigenvalue weighted by molar-refractivity contribution is 5.44. The van der Waals surface area contributed by atoms with Crippen molar-refractivity contribution in [3.8, 4) is 11.5 Å². The van der Waals surface area contributed by atoms with Crippen LogP contribution in [-0.4, -0.2) is 13.2 Å². The molecule has 2 N–H and O–H groups in total. The summed E-state index contributed by atoms with van der Waals surface area (Å²) in [6.45, 7) is 5.83. The van der Waals surface area contributed by atoms with Gasteiger partial charge >= 0.3 is 0 Å². The molecule has 0 fully saturated rings. The first-order valence-electron chi connectivity index (χ1n) is 7.39. The lowest BCUT2D eigenvalue weighted by Crippen LogP contribution is -2.11. The standard InChI is InChI=1S/C16H25NO2/c1-3-5-6-12(4-2)10-18-13-7-8-14-15(17)11-19-16(14)9-13/h7-9,12,15H,3-6,10-11,17H2,1-2H3. The minimum absolute atomic E-state index is 0.0111. The van der Waals surface area contributed by atoms with E-state index in [4.69, 9.17) is 15.2 Å². The molecule has 0 radical (unpaired) electrons. The van der Waals surface area contributed by atoms with E-state index in [0.29, 0.717) is 12.5 Å². The fourth-order valence-corrected chi connectivity index (χ4v) is 2.42. The van der Waals surface area contributed by atoms with Gasteiger partial charge in [-0.2, -0.15) is 0 Å². The minimum atomic E-state index is 0.0111. The fourth-order valence-electron chi connectivity index (χ4n) is 2.42. The summed E-state index contributed by atoms with van der Waals surface area (Å²) in [5.74, 6) is 2.42. The Bertz CT molecular complexity index is 406. The molecule has 1 aromatic rings. The molecule has 19 heavy (non-hydrogen) atoms. The lowest BCUT2D eigenvalue weighted by Gasteiger charge is -2.16. The van der Waals surface area contributed by atoms with Crippen molar-refractivity contribution >= 4 is 0 Å². The Balaban J connectivity index is 1.89. The molecule has 2 atom stereocenters. The van der Waals surface area contributed by atoms with Crippen LogP contribution in [-0.2, 0) is 0 Å². The average molecular weight is 263 g/mol. The number of fused-ring (bicyclic) bond motifs is 1. The number of unbranched alkanes of at least 4 members (excludes halogenated alkanes) is 1. The highest BCUT2D eigenvalue weighted by Crippen LogP contribution is 2.34. The van der Waals surface area contributed by atoms with Gasteiger partial charge in [-0.3, -0.25) is 0 Å². The highest BCUT2D eigenvalue weighted by atomic mass is 16.5. The second-order valence-corrected chi connectivity index (χ2v) is 5.34. The summed E-state index contributed by atoms with van der Waals surface area (Å²) in [7, 11) is 0. The third kappa shape index (κ3) is 3.63. The molecule has 2 unspecified atom stereocenters. The van der Waals surface area contributed by atoms with Crippen LogP contribution in [0.4, 0.5) is 0 Å². The molecule has 1 heterocycles. The predicted molar refractivity (Wildman–Crippen MR) is 77.7 cm³/mol. The maximum atomic E-state index is 5.93. The zero-order valence-electron chi connectivity index (χ0n) is 12.0.